The van der Waals surface area contributed by atoms with Gasteiger partial charge < -0.3 is 14.2 Å². The molecule has 0 bridgehead atoms. The number of alkyl halides is 3. The molecule has 2 aliphatic heterocycles. The molecule has 2 aliphatic rings. The van der Waals surface area contributed by atoms with E-state index >= 15 is 0 Å². The number of halogens is 5. The summed E-state index contributed by atoms with van der Waals surface area (Å²) >= 11 is 13.3. The van der Waals surface area contributed by atoms with E-state index in [4.69, 9.17) is 27.6 Å². The minimum absolute atomic E-state index is 0.359. The van der Waals surface area contributed by atoms with Gasteiger partial charge >= 0.3 is 6.18 Å². The van der Waals surface area contributed by atoms with Crippen molar-refractivity contribution in [1.29, 1.82) is 0 Å². The molecular weight excluding hydrogens is 534 g/mol. The molecular formula is C25H18Cl2F3N3O2S. The van der Waals surface area contributed by atoms with Crippen molar-refractivity contribution < 1.29 is 22.4 Å². The third kappa shape index (κ3) is 5.28. The molecule has 1 saturated heterocycles. The molecule has 11 heteroatoms. The van der Waals surface area contributed by atoms with Crippen LogP contribution in [0.2, 0.25) is 10.0 Å². The van der Waals surface area contributed by atoms with E-state index in [1.54, 1.807) is 42.5 Å². The molecule has 0 spiro atoms. The summed E-state index contributed by atoms with van der Waals surface area (Å²) in [6, 6.07) is 14.0. The second kappa shape index (κ2) is 9.88. The Kier molecular flexibility index (Phi) is 6.80. The second-order valence-electron chi connectivity index (χ2n) is 8.16. The van der Waals surface area contributed by atoms with Crippen LogP contribution in [0.5, 0.6) is 0 Å². The first kappa shape index (κ1) is 24.8. The van der Waals surface area contributed by atoms with Gasteiger partial charge in [0.25, 0.3) is 5.91 Å². The van der Waals surface area contributed by atoms with E-state index < -0.39 is 11.7 Å². The van der Waals surface area contributed by atoms with Gasteiger partial charge in [-0.1, -0.05) is 29.3 Å². The minimum Gasteiger partial charge on any atom is -0.457 e. The number of anilines is 1. The van der Waals surface area contributed by atoms with E-state index in [9.17, 15) is 18.0 Å². The molecule has 0 N–H and O–H groups in total. The fourth-order valence-electron chi connectivity index (χ4n) is 3.93. The molecule has 1 fully saturated rings. The van der Waals surface area contributed by atoms with Gasteiger partial charge in [0.05, 0.1) is 20.5 Å². The number of benzene rings is 2. The van der Waals surface area contributed by atoms with Crippen molar-refractivity contribution in [3.63, 3.8) is 0 Å². The van der Waals surface area contributed by atoms with E-state index in [1.165, 1.54) is 17.8 Å². The highest BCUT2D eigenvalue weighted by Crippen LogP contribution is 2.35. The smallest absolute Gasteiger partial charge is 0.416 e. The van der Waals surface area contributed by atoms with E-state index in [0.717, 1.165) is 17.7 Å². The molecule has 5 nitrogen and oxygen atoms in total. The maximum absolute atomic E-state index is 13.1. The number of amidine groups is 1. The lowest BCUT2D eigenvalue weighted by Crippen LogP contribution is -2.47. The molecule has 5 rings (SSSR count). The maximum atomic E-state index is 13.1. The standard InChI is InChI=1S/C25H18Cl2F3N3O2S/c26-19-6-4-15(12-20(19)27)21-7-5-18(35-21)14-22-23(34)31-24(36-22)33-10-8-32(9-11-33)17-3-1-2-16(13-17)25(28,29)30/h1-7,12-14H,8-11H2. The van der Waals surface area contributed by atoms with Crippen LogP contribution in [0.3, 0.4) is 0 Å². The predicted octanol–water partition coefficient (Wildman–Crippen LogP) is 7.06. The zero-order valence-electron chi connectivity index (χ0n) is 18.6. The van der Waals surface area contributed by atoms with Crippen LogP contribution in [0, 0.1) is 0 Å². The van der Waals surface area contributed by atoms with Gasteiger partial charge in [0.15, 0.2) is 5.17 Å². The Morgan fingerprint density at radius 3 is 2.42 bits per heavy atom. The summed E-state index contributed by atoms with van der Waals surface area (Å²) in [5.41, 5.74) is 0.617. The summed E-state index contributed by atoms with van der Waals surface area (Å²) in [6.45, 7) is 2.09. The van der Waals surface area contributed by atoms with Crippen LogP contribution in [0.25, 0.3) is 17.4 Å². The summed E-state index contributed by atoms with van der Waals surface area (Å²) in [5.74, 6) is 0.725. The SMILES string of the molecule is O=C1N=C(N2CCN(c3cccc(C(F)(F)F)c3)CC2)SC1=Cc1ccc(-c2ccc(Cl)c(Cl)c2)o1. The van der Waals surface area contributed by atoms with Crippen LogP contribution in [0.1, 0.15) is 11.3 Å². The van der Waals surface area contributed by atoms with Crippen molar-refractivity contribution >= 4 is 57.8 Å². The van der Waals surface area contributed by atoms with Gasteiger partial charge in [-0.3, -0.25) is 4.79 Å². The van der Waals surface area contributed by atoms with Crippen LogP contribution >= 0.6 is 35.0 Å². The molecule has 0 radical (unpaired) electrons. The molecule has 2 aromatic carbocycles. The quantitative estimate of drug-likeness (QED) is 0.326. The third-order valence-electron chi connectivity index (χ3n) is 5.80. The van der Waals surface area contributed by atoms with Crippen LogP contribution < -0.4 is 4.90 Å². The van der Waals surface area contributed by atoms with Gasteiger partial charge in [-0.05, 0) is 60.3 Å². The molecule has 3 aromatic rings. The number of nitrogens with zero attached hydrogens (tertiary/aromatic N) is 3. The molecule has 0 saturated carbocycles. The van der Waals surface area contributed by atoms with Gasteiger partial charge in [-0.25, -0.2) is 0 Å². The zero-order valence-corrected chi connectivity index (χ0v) is 20.9. The number of piperazine rings is 1. The molecule has 0 atom stereocenters. The van der Waals surface area contributed by atoms with Gasteiger partial charge in [-0.15, -0.1) is 0 Å². The molecule has 0 aliphatic carbocycles. The summed E-state index contributed by atoms with van der Waals surface area (Å²) in [4.78, 5) is 21.0. The van der Waals surface area contributed by atoms with Gasteiger partial charge in [0.1, 0.15) is 11.5 Å². The molecule has 36 heavy (non-hydrogen) atoms. The number of aliphatic imine (C=N–C) groups is 1. The van der Waals surface area contributed by atoms with Crippen molar-refractivity contribution in [3.05, 3.63) is 80.9 Å². The van der Waals surface area contributed by atoms with Crippen molar-refractivity contribution in [2.75, 3.05) is 31.1 Å². The first-order valence-electron chi connectivity index (χ1n) is 10.9. The van der Waals surface area contributed by atoms with E-state index in [2.05, 4.69) is 4.99 Å². The van der Waals surface area contributed by atoms with Crippen LogP contribution in [0.4, 0.5) is 18.9 Å². The number of amides is 1. The average molecular weight is 552 g/mol. The Morgan fingerprint density at radius 2 is 1.69 bits per heavy atom. The molecule has 186 valence electrons. The summed E-state index contributed by atoms with van der Waals surface area (Å²) in [7, 11) is 0. The van der Waals surface area contributed by atoms with E-state index in [0.29, 0.717) is 63.5 Å². The summed E-state index contributed by atoms with van der Waals surface area (Å²) in [5, 5.41) is 1.44. The van der Waals surface area contributed by atoms with E-state index in [1.807, 2.05) is 9.80 Å². The lowest BCUT2D eigenvalue weighted by Gasteiger charge is -2.36. The number of carbonyl (C=O) groups is 1. The minimum atomic E-state index is -4.38. The molecule has 3 heterocycles. The predicted molar refractivity (Wildman–Crippen MR) is 137 cm³/mol. The summed E-state index contributed by atoms with van der Waals surface area (Å²) < 4.78 is 45.0. The third-order valence-corrected chi connectivity index (χ3v) is 7.59. The van der Waals surface area contributed by atoms with Crippen molar-refractivity contribution in [3.8, 4) is 11.3 Å². The topological polar surface area (TPSA) is 49.1 Å². The first-order valence-corrected chi connectivity index (χ1v) is 12.5. The van der Waals surface area contributed by atoms with Crippen molar-refractivity contribution in [1.82, 2.24) is 4.90 Å². The highest BCUT2D eigenvalue weighted by molar-refractivity contribution is 8.18. The Balaban J connectivity index is 1.23. The van der Waals surface area contributed by atoms with Crippen LogP contribution in [-0.2, 0) is 11.0 Å². The number of furan rings is 1. The van der Waals surface area contributed by atoms with Gasteiger partial charge in [-0.2, -0.15) is 18.2 Å². The number of rotatable bonds is 3. The molecule has 0 unspecified atom stereocenters. The number of hydrogen-bond acceptors (Lipinski definition) is 5. The second-order valence-corrected chi connectivity index (χ2v) is 9.99. The number of carbonyl (C=O) groups excluding carboxylic acids is 1. The highest BCUT2D eigenvalue weighted by atomic mass is 35.5. The number of thioether (sulfide) groups is 1. The Labute approximate surface area is 219 Å². The first-order chi connectivity index (χ1) is 17.2. The molecule has 1 amide bonds. The summed E-state index contributed by atoms with van der Waals surface area (Å²) in [6.07, 6.45) is -2.74. The van der Waals surface area contributed by atoms with Crippen molar-refractivity contribution in [2.45, 2.75) is 6.18 Å². The normalized spacial score (nSPS) is 17.8. The number of hydrogen-bond donors (Lipinski definition) is 0. The lowest BCUT2D eigenvalue weighted by atomic mass is 10.1. The lowest BCUT2D eigenvalue weighted by molar-refractivity contribution is -0.137. The largest absolute Gasteiger partial charge is 0.457 e. The van der Waals surface area contributed by atoms with Gasteiger partial charge in [0.2, 0.25) is 0 Å². The average Bonchev–Trinajstić information content (AvgIpc) is 3.47. The van der Waals surface area contributed by atoms with Crippen LogP contribution in [-0.4, -0.2) is 42.2 Å². The van der Waals surface area contributed by atoms with Gasteiger partial charge in [0, 0.05) is 43.5 Å². The fraction of sp³-hybridized carbons (Fsp3) is 0.200. The maximum Gasteiger partial charge on any atom is 0.416 e. The van der Waals surface area contributed by atoms with E-state index in [-0.39, 0.29) is 5.91 Å². The highest BCUT2D eigenvalue weighted by Gasteiger charge is 2.32. The Morgan fingerprint density at radius 1 is 0.944 bits per heavy atom. The Hall–Kier alpha value is -2.88. The van der Waals surface area contributed by atoms with Crippen LogP contribution in [0.15, 0.2) is 68.9 Å². The Bertz CT molecular complexity index is 1380. The fourth-order valence-corrected chi connectivity index (χ4v) is 5.18. The van der Waals surface area contributed by atoms with Crippen molar-refractivity contribution in [2.24, 2.45) is 4.99 Å². The zero-order chi connectivity index (χ0) is 25.4. The molecule has 1 aromatic heterocycles. The monoisotopic (exact) mass is 551 g/mol.